The van der Waals surface area contributed by atoms with Crippen LogP contribution in [0.25, 0.3) is 6.08 Å². The first kappa shape index (κ1) is 12.7. The van der Waals surface area contributed by atoms with Crippen molar-refractivity contribution >= 4 is 55.1 Å². The van der Waals surface area contributed by atoms with Gasteiger partial charge >= 0.3 is 0 Å². The smallest absolute Gasteiger partial charge is 0.185 e. The zero-order valence-corrected chi connectivity index (χ0v) is 12.7. The first-order chi connectivity index (χ1) is 8.15. The van der Waals surface area contributed by atoms with E-state index in [4.69, 9.17) is 0 Å². The van der Waals surface area contributed by atoms with E-state index in [0.29, 0.717) is 5.56 Å². The minimum Gasteiger partial charge on any atom is -0.289 e. The highest BCUT2D eigenvalue weighted by atomic mass is 79.9. The summed E-state index contributed by atoms with van der Waals surface area (Å²) in [7, 11) is 0. The molecule has 0 spiro atoms. The topological polar surface area (TPSA) is 17.1 Å². The number of hydrogen-bond acceptors (Lipinski definition) is 2. The molecule has 1 heterocycles. The number of hydrogen-bond donors (Lipinski definition) is 0. The summed E-state index contributed by atoms with van der Waals surface area (Å²) in [6.07, 6.45) is 3.43. The Morgan fingerprint density at radius 2 is 1.82 bits per heavy atom. The van der Waals surface area contributed by atoms with Gasteiger partial charge in [-0.1, -0.05) is 15.9 Å². The van der Waals surface area contributed by atoms with E-state index in [-0.39, 0.29) is 5.78 Å². The Kier molecular flexibility index (Phi) is 4.31. The highest BCUT2D eigenvalue weighted by Crippen LogP contribution is 2.21. The number of carbonyl (C=O) groups excluding carboxylic acids is 1. The van der Waals surface area contributed by atoms with Crippen molar-refractivity contribution < 1.29 is 4.79 Å². The minimum absolute atomic E-state index is 0.0158. The summed E-state index contributed by atoms with van der Waals surface area (Å²) in [5.74, 6) is 0.0158. The minimum atomic E-state index is 0.0158. The van der Waals surface area contributed by atoms with Crippen LogP contribution in [0.3, 0.4) is 0 Å². The van der Waals surface area contributed by atoms with Gasteiger partial charge in [-0.2, -0.15) is 0 Å². The number of rotatable bonds is 3. The zero-order valence-electron chi connectivity index (χ0n) is 8.69. The zero-order chi connectivity index (χ0) is 12.3. The molecule has 0 aliphatic carbocycles. The van der Waals surface area contributed by atoms with Gasteiger partial charge in [0.05, 0.1) is 0 Å². The second-order valence-electron chi connectivity index (χ2n) is 3.37. The summed E-state index contributed by atoms with van der Waals surface area (Å²) in [6, 6.07) is 9.32. The van der Waals surface area contributed by atoms with Crippen molar-refractivity contribution in [3.05, 3.63) is 61.2 Å². The summed E-state index contributed by atoms with van der Waals surface area (Å²) < 4.78 is 2.01. The maximum Gasteiger partial charge on any atom is 0.185 e. The van der Waals surface area contributed by atoms with Gasteiger partial charge in [-0.15, -0.1) is 11.3 Å². The van der Waals surface area contributed by atoms with E-state index in [1.54, 1.807) is 29.5 Å². The monoisotopic (exact) mass is 370 g/mol. The van der Waals surface area contributed by atoms with Gasteiger partial charge < -0.3 is 0 Å². The van der Waals surface area contributed by atoms with Gasteiger partial charge in [-0.05, 0) is 58.4 Å². The number of carbonyl (C=O) groups is 1. The summed E-state index contributed by atoms with van der Waals surface area (Å²) in [6.45, 7) is 0. The standard InChI is InChI=1S/C13H8Br2OS/c14-10-3-1-9(2-4-10)13(16)6-5-12-7-11(15)8-17-12/h1-8H. The lowest BCUT2D eigenvalue weighted by Crippen LogP contribution is -1.92. The van der Waals surface area contributed by atoms with E-state index in [1.807, 2.05) is 29.7 Å². The molecule has 0 radical (unpaired) electrons. The van der Waals surface area contributed by atoms with Gasteiger partial charge in [0, 0.05) is 24.8 Å². The fourth-order valence-corrected chi connectivity index (χ4v) is 2.89. The quantitative estimate of drug-likeness (QED) is 0.537. The van der Waals surface area contributed by atoms with Crippen molar-refractivity contribution in [1.29, 1.82) is 0 Å². The van der Waals surface area contributed by atoms with Crippen molar-refractivity contribution in [1.82, 2.24) is 0 Å². The van der Waals surface area contributed by atoms with Crippen LogP contribution in [0.1, 0.15) is 15.2 Å². The molecule has 0 saturated heterocycles. The molecule has 0 fully saturated rings. The van der Waals surface area contributed by atoms with E-state index in [1.165, 1.54) is 0 Å². The Labute approximate surface area is 120 Å². The molecular formula is C13H8Br2OS. The summed E-state index contributed by atoms with van der Waals surface area (Å²) >= 11 is 8.31. The van der Waals surface area contributed by atoms with Crippen LogP contribution < -0.4 is 0 Å². The Hall–Kier alpha value is -0.710. The first-order valence-corrected chi connectivity index (χ1v) is 7.34. The van der Waals surface area contributed by atoms with Gasteiger partial charge in [0.1, 0.15) is 0 Å². The molecule has 0 unspecified atom stereocenters. The molecule has 17 heavy (non-hydrogen) atoms. The third-order valence-corrected chi connectivity index (χ3v) is 4.30. The van der Waals surface area contributed by atoms with Gasteiger partial charge in [0.2, 0.25) is 0 Å². The average molecular weight is 372 g/mol. The third-order valence-electron chi connectivity index (χ3n) is 2.12. The molecule has 0 N–H and O–H groups in total. The van der Waals surface area contributed by atoms with E-state index in [2.05, 4.69) is 31.9 Å². The normalized spacial score (nSPS) is 10.9. The van der Waals surface area contributed by atoms with E-state index < -0.39 is 0 Å². The fourth-order valence-electron chi connectivity index (χ4n) is 1.28. The Morgan fingerprint density at radius 3 is 2.41 bits per heavy atom. The first-order valence-electron chi connectivity index (χ1n) is 4.87. The van der Waals surface area contributed by atoms with Crippen LogP contribution in [0.5, 0.6) is 0 Å². The van der Waals surface area contributed by atoms with E-state index in [0.717, 1.165) is 13.8 Å². The molecule has 1 aromatic heterocycles. The van der Waals surface area contributed by atoms with Crippen LogP contribution in [-0.4, -0.2) is 5.78 Å². The van der Waals surface area contributed by atoms with E-state index in [9.17, 15) is 4.79 Å². The average Bonchev–Trinajstić information content (AvgIpc) is 2.73. The number of benzene rings is 1. The third kappa shape index (κ3) is 3.63. The van der Waals surface area contributed by atoms with Crippen LogP contribution in [0.2, 0.25) is 0 Å². The molecule has 0 aliphatic rings. The maximum atomic E-state index is 11.8. The lowest BCUT2D eigenvalue weighted by atomic mass is 10.1. The molecule has 0 saturated carbocycles. The molecule has 4 heteroatoms. The Balaban J connectivity index is 2.11. The predicted octanol–water partition coefficient (Wildman–Crippen LogP) is 5.17. The number of allylic oxidation sites excluding steroid dienone is 1. The Morgan fingerprint density at radius 1 is 1.12 bits per heavy atom. The summed E-state index contributed by atoms with van der Waals surface area (Å²) in [4.78, 5) is 12.9. The maximum absolute atomic E-state index is 11.8. The number of thiophene rings is 1. The van der Waals surface area contributed by atoms with Crippen LogP contribution in [-0.2, 0) is 0 Å². The van der Waals surface area contributed by atoms with Crippen molar-refractivity contribution in [2.24, 2.45) is 0 Å². The molecule has 0 atom stereocenters. The second-order valence-corrected chi connectivity index (χ2v) is 6.15. The van der Waals surface area contributed by atoms with Crippen molar-refractivity contribution in [3.63, 3.8) is 0 Å². The van der Waals surface area contributed by atoms with Crippen LogP contribution in [0.4, 0.5) is 0 Å². The summed E-state index contributed by atoms with van der Waals surface area (Å²) in [5, 5.41) is 1.99. The molecule has 0 amide bonds. The predicted molar refractivity (Wildman–Crippen MR) is 79.5 cm³/mol. The molecule has 2 aromatic rings. The van der Waals surface area contributed by atoms with Gasteiger partial charge in [0.25, 0.3) is 0 Å². The SMILES string of the molecule is O=C(C=Cc1cc(Br)cs1)c1ccc(Br)cc1. The highest BCUT2D eigenvalue weighted by molar-refractivity contribution is 9.10. The van der Waals surface area contributed by atoms with Crippen LogP contribution >= 0.6 is 43.2 Å². The van der Waals surface area contributed by atoms with Crippen LogP contribution in [0, 0.1) is 0 Å². The fraction of sp³-hybridized carbons (Fsp3) is 0. The van der Waals surface area contributed by atoms with Crippen molar-refractivity contribution in [2.45, 2.75) is 0 Å². The molecular weight excluding hydrogens is 364 g/mol. The summed E-state index contributed by atoms with van der Waals surface area (Å²) in [5.41, 5.74) is 0.695. The molecule has 86 valence electrons. The largest absolute Gasteiger partial charge is 0.289 e. The molecule has 1 nitrogen and oxygen atoms in total. The second kappa shape index (κ2) is 5.76. The molecule has 1 aromatic carbocycles. The van der Waals surface area contributed by atoms with Gasteiger partial charge in [-0.3, -0.25) is 4.79 Å². The highest BCUT2D eigenvalue weighted by Gasteiger charge is 2.01. The van der Waals surface area contributed by atoms with Crippen molar-refractivity contribution in [2.75, 3.05) is 0 Å². The van der Waals surface area contributed by atoms with Gasteiger partial charge in [-0.25, -0.2) is 0 Å². The van der Waals surface area contributed by atoms with Crippen LogP contribution in [0.15, 0.2) is 50.7 Å². The van der Waals surface area contributed by atoms with E-state index >= 15 is 0 Å². The van der Waals surface area contributed by atoms with Gasteiger partial charge in [0.15, 0.2) is 5.78 Å². The molecule has 2 rings (SSSR count). The number of halogens is 2. The Bertz CT molecular complexity index is 555. The van der Waals surface area contributed by atoms with Crippen molar-refractivity contribution in [3.8, 4) is 0 Å². The lowest BCUT2D eigenvalue weighted by molar-refractivity contribution is 0.104. The number of ketones is 1. The molecule has 0 bridgehead atoms. The molecule has 0 aliphatic heterocycles. The lowest BCUT2D eigenvalue weighted by Gasteiger charge is -1.95.